The monoisotopic (exact) mass is 401 g/mol. The SMILES string of the molecule is NCc1c(Cl)cccc1C=CCS(=O)(=O)Nc1nc(CC(N)=O)ns1. The molecule has 0 saturated carbocycles. The number of carbonyl (C=O) groups excluding carboxylic acids is 1. The fourth-order valence-electron chi connectivity index (χ4n) is 1.95. The van der Waals surface area contributed by atoms with Crippen LogP contribution in [0, 0.1) is 0 Å². The summed E-state index contributed by atoms with van der Waals surface area (Å²) < 4.78 is 30.3. The van der Waals surface area contributed by atoms with Crippen molar-refractivity contribution in [2.24, 2.45) is 11.5 Å². The molecule has 0 aliphatic rings. The van der Waals surface area contributed by atoms with E-state index in [2.05, 4.69) is 14.1 Å². The van der Waals surface area contributed by atoms with Gasteiger partial charge in [-0.1, -0.05) is 35.9 Å². The maximum absolute atomic E-state index is 12.1. The third-order valence-corrected chi connectivity index (χ3v) is 5.30. The molecule has 1 heterocycles. The Hall–Kier alpha value is -2.01. The summed E-state index contributed by atoms with van der Waals surface area (Å²) in [4.78, 5) is 14.7. The van der Waals surface area contributed by atoms with Gasteiger partial charge in [0.2, 0.25) is 21.1 Å². The third kappa shape index (κ3) is 5.78. The first-order valence-electron chi connectivity index (χ1n) is 7.06. The standard InChI is InChI=1S/C14H16ClN5O3S2/c15-11-5-1-3-9(10(11)8-16)4-2-6-25(22,23)20-14-18-13(19-24-14)7-12(17)21/h1-5H,6-8,16H2,(H2,17,21)(H,18,19,20). The lowest BCUT2D eigenvalue weighted by Gasteiger charge is -2.05. The van der Waals surface area contributed by atoms with E-state index in [0.29, 0.717) is 5.02 Å². The number of nitrogens with zero attached hydrogens (tertiary/aromatic N) is 2. The van der Waals surface area contributed by atoms with Crippen LogP contribution >= 0.6 is 23.1 Å². The largest absolute Gasteiger partial charge is 0.369 e. The Morgan fingerprint density at radius 2 is 2.16 bits per heavy atom. The van der Waals surface area contributed by atoms with Gasteiger partial charge in [0.15, 0.2) is 5.82 Å². The first-order valence-corrected chi connectivity index (χ1v) is 9.86. The number of nitrogens with two attached hydrogens (primary N) is 2. The number of sulfonamides is 1. The average molecular weight is 402 g/mol. The minimum atomic E-state index is -3.66. The van der Waals surface area contributed by atoms with Gasteiger partial charge in [-0.25, -0.2) is 13.4 Å². The van der Waals surface area contributed by atoms with Crippen LogP contribution in [0.1, 0.15) is 17.0 Å². The zero-order valence-electron chi connectivity index (χ0n) is 13.0. The lowest BCUT2D eigenvalue weighted by atomic mass is 10.1. The van der Waals surface area contributed by atoms with Crippen LogP contribution in [0.2, 0.25) is 5.02 Å². The van der Waals surface area contributed by atoms with Crippen LogP contribution < -0.4 is 16.2 Å². The van der Waals surface area contributed by atoms with Crippen LogP contribution in [0.5, 0.6) is 0 Å². The number of hydrogen-bond acceptors (Lipinski definition) is 7. The van der Waals surface area contributed by atoms with Crippen molar-refractivity contribution < 1.29 is 13.2 Å². The zero-order chi connectivity index (χ0) is 18.4. The van der Waals surface area contributed by atoms with Gasteiger partial charge in [-0.05, 0) is 17.2 Å². The number of aromatic nitrogens is 2. The fourth-order valence-corrected chi connectivity index (χ4v) is 3.92. The van der Waals surface area contributed by atoms with E-state index in [4.69, 9.17) is 23.1 Å². The third-order valence-electron chi connectivity index (χ3n) is 3.02. The van der Waals surface area contributed by atoms with Crippen LogP contribution in [-0.4, -0.2) is 29.4 Å². The molecule has 25 heavy (non-hydrogen) atoms. The molecule has 0 fully saturated rings. The van der Waals surface area contributed by atoms with Gasteiger partial charge < -0.3 is 11.5 Å². The molecule has 0 aliphatic heterocycles. The second-order valence-corrected chi connectivity index (χ2v) is 7.88. The molecule has 0 bridgehead atoms. The molecule has 1 amide bonds. The minimum Gasteiger partial charge on any atom is -0.369 e. The summed E-state index contributed by atoms with van der Waals surface area (Å²) in [5.74, 6) is -0.682. The smallest absolute Gasteiger partial charge is 0.238 e. The minimum absolute atomic E-state index is 0.0788. The summed E-state index contributed by atoms with van der Waals surface area (Å²) in [6.07, 6.45) is 2.99. The normalized spacial score (nSPS) is 11.8. The molecule has 0 aliphatic carbocycles. The van der Waals surface area contributed by atoms with Gasteiger partial charge in [-0.15, -0.1) is 0 Å². The van der Waals surface area contributed by atoms with Crippen molar-refractivity contribution in [3.8, 4) is 0 Å². The molecule has 2 rings (SSSR count). The van der Waals surface area contributed by atoms with Crippen molar-refractivity contribution in [1.29, 1.82) is 0 Å². The molecule has 8 nitrogen and oxygen atoms in total. The van der Waals surface area contributed by atoms with Gasteiger partial charge in [0, 0.05) is 23.1 Å². The number of nitrogens with one attached hydrogen (secondary N) is 1. The van der Waals surface area contributed by atoms with Crippen LogP contribution in [-0.2, 0) is 27.8 Å². The fraction of sp³-hybridized carbons (Fsp3) is 0.214. The molecule has 2 aromatic rings. The molecule has 0 unspecified atom stereocenters. The van der Waals surface area contributed by atoms with Crippen LogP contribution in [0.4, 0.5) is 5.13 Å². The summed E-state index contributed by atoms with van der Waals surface area (Å²) in [7, 11) is -3.66. The molecule has 134 valence electrons. The molecule has 0 atom stereocenters. The van der Waals surface area contributed by atoms with Crippen LogP contribution in [0.15, 0.2) is 24.3 Å². The summed E-state index contributed by atoms with van der Waals surface area (Å²) in [5, 5.41) is 0.608. The summed E-state index contributed by atoms with van der Waals surface area (Å²) in [6.45, 7) is 0.248. The van der Waals surface area contributed by atoms with E-state index in [1.54, 1.807) is 24.3 Å². The number of hydrogen-bond donors (Lipinski definition) is 3. The number of primary amides is 1. The number of rotatable bonds is 8. The number of carbonyl (C=O) groups is 1. The van der Waals surface area contributed by atoms with E-state index in [9.17, 15) is 13.2 Å². The van der Waals surface area contributed by atoms with E-state index < -0.39 is 15.9 Å². The van der Waals surface area contributed by atoms with Crippen molar-refractivity contribution in [3.05, 3.63) is 46.2 Å². The van der Waals surface area contributed by atoms with Crippen LogP contribution in [0.3, 0.4) is 0 Å². The van der Waals surface area contributed by atoms with Gasteiger partial charge in [-0.3, -0.25) is 9.52 Å². The second kappa shape index (κ2) is 8.39. The van der Waals surface area contributed by atoms with E-state index >= 15 is 0 Å². The lowest BCUT2D eigenvalue weighted by molar-refractivity contribution is -0.117. The van der Waals surface area contributed by atoms with Crippen molar-refractivity contribution in [3.63, 3.8) is 0 Å². The van der Waals surface area contributed by atoms with Gasteiger partial charge in [0.05, 0.1) is 12.2 Å². The summed E-state index contributed by atoms with van der Waals surface area (Å²) >= 11 is 6.89. The molecule has 11 heteroatoms. The Bertz CT molecular complexity index is 896. The Morgan fingerprint density at radius 3 is 2.84 bits per heavy atom. The maximum atomic E-state index is 12.1. The molecule has 0 radical (unpaired) electrons. The molecular weight excluding hydrogens is 386 g/mol. The van der Waals surface area contributed by atoms with E-state index in [1.165, 1.54) is 6.08 Å². The van der Waals surface area contributed by atoms with Crippen molar-refractivity contribution in [2.45, 2.75) is 13.0 Å². The molecule has 1 aromatic heterocycles. The van der Waals surface area contributed by atoms with Crippen LogP contribution in [0.25, 0.3) is 6.08 Å². The Labute approximate surface area is 154 Å². The first kappa shape index (κ1) is 19.3. The Kier molecular flexibility index (Phi) is 6.48. The first-order chi connectivity index (χ1) is 11.8. The molecular formula is C14H16ClN5O3S2. The summed E-state index contributed by atoms with van der Waals surface area (Å²) in [5.41, 5.74) is 12.2. The zero-order valence-corrected chi connectivity index (χ0v) is 15.4. The highest BCUT2D eigenvalue weighted by molar-refractivity contribution is 7.93. The average Bonchev–Trinajstić information content (AvgIpc) is 2.92. The van der Waals surface area contributed by atoms with Gasteiger partial charge >= 0.3 is 0 Å². The van der Waals surface area contributed by atoms with Gasteiger partial charge in [0.25, 0.3) is 0 Å². The number of amides is 1. The number of benzene rings is 1. The predicted octanol–water partition coefficient (Wildman–Crippen LogP) is 1.13. The topological polar surface area (TPSA) is 141 Å². The molecule has 5 N–H and O–H groups in total. The Morgan fingerprint density at radius 1 is 1.40 bits per heavy atom. The number of anilines is 1. The molecule has 0 spiro atoms. The van der Waals surface area contributed by atoms with Crippen molar-refractivity contribution in [2.75, 3.05) is 10.5 Å². The highest BCUT2D eigenvalue weighted by Gasteiger charge is 2.13. The highest BCUT2D eigenvalue weighted by Crippen LogP contribution is 2.21. The Balaban J connectivity index is 2.03. The van der Waals surface area contributed by atoms with Gasteiger partial charge in [0.1, 0.15) is 0 Å². The van der Waals surface area contributed by atoms with Crippen molar-refractivity contribution >= 4 is 50.3 Å². The van der Waals surface area contributed by atoms with E-state index in [1.807, 2.05) is 0 Å². The van der Waals surface area contributed by atoms with Crippen molar-refractivity contribution in [1.82, 2.24) is 9.36 Å². The van der Waals surface area contributed by atoms with Gasteiger partial charge in [-0.2, -0.15) is 4.37 Å². The molecule has 0 saturated heterocycles. The van der Waals surface area contributed by atoms with E-state index in [0.717, 1.165) is 22.7 Å². The summed E-state index contributed by atoms with van der Waals surface area (Å²) in [6, 6.07) is 5.28. The van der Waals surface area contributed by atoms with E-state index in [-0.39, 0.29) is 29.7 Å². The predicted molar refractivity (Wildman–Crippen MR) is 98.6 cm³/mol. The number of halogens is 1. The lowest BCUT2D eigenvalue weighted by Crippen LogP contribution is -2.16. The second-order valence-electron chi connectivity index (χ2n) is 4.96. The highest BCUT2D eigenvalue weighted by atomic mass is 35.5. The molecule has 1 aromatic carbocycles. The maximum Gasteiger partial charge on any atom is 0.238 e. The quantitative estimate of drug-likeness (QED) is 0.605.